The van der Waals surface area contributed by atoms with Crippen molar-refractivity contribution in [2.75, 3.05) is 91.6 Å². The topological polar surface area (TPSA) is 13.0 Å². The summed E-state index contributed by atoms with van der Waals surface area (Å²) in [4.78, 5) is 11.1. The van der Waals surface area contributed by atoms with Crippen molar-refractivity contribution in [1.29, 1.82) is 0 Å². The van der Waals surface area contributed by atoms with Crippen LogP contribution in [0.4, 0.5) is 0 Å². The van der Waals surface area contributed by atoms with Gasteiger partial charge in [0.05, 0.1) is 65.4 Å². The number of nitrogens with zero attached hydrogens (tertiary/aromatic N) is 6. The summed E-state index contributed by atoms with van der Waals surface area (Å²) in [5, 5.41) is 0. The van der Waals surface area contributed by atoms with Gasteiger partial charge in [0.15, 0.2) is 0 Å². The molecule has 6 heterocycles. The number of quaternary nitrogens is 2. The van der Waals surface area contributed by atoms with Gasteiger partial charge in [0, 0.05) is 39.0 Å². The Morgan fingerprint density at radius 1 is 0.500 bits per heavy atom. The molecule has 0 atom stereocenters. The molecule has 6 rings (SSSR count). The lowest BCUT2D eigenvalue weighted by molar-refractivity contribution is -0.942. The van der Waals surface area contributed by atoms with E-state index in [1.54, 1.807) is 0 Å². The fourth-order valence-corrected chi connectivity index (χ4v) is 7.26. The molecule has 0 aliphatic carbocycles. The highest BCUT2D eigenvalue weighted by Gasteiger charge is 2.58. The van der Waals surface area contributed by atoms with Crippen LogP contribution in [0.3, 0.4) is 0 Å². The fourth-order valence-electron chi connectivity index (χ4n) is 7.26. The zero-order chi connectivity index (χ0) is 15.8. The van der Waals surface area contributed by atoms with Crippen molar-refractivity contribution in [3.05, 3.63) is 0 Å². The van der Waals surface area contributed by atoms with Gasteiger partial charge in [-0.3, -0.25) is 8.97 Å². The minimum absolute atomic E-state index is 0.774. The Labute approximate surface area is 146 Å². The van der Waals surface area contributed by atoms with E-state index in [4.69, 9.17) is 0 Å². The van der Waals surface area contributed by atoms with Crippen LogP contribution in [0, 0.1) is 0 Å². The molecular weight excluding hydrogens is 300 g/mol. The molecule has 6 saturated heterocycles. The molecule has 24 heavy (non-hydrogen) atoms. The van der Waals surface area contributed by atoms with E-state index in [9.17, 15) is 0 Å². The summed E-state index contributed by atoms with van der Waals surface area (Å²) < 4.78 is 2.84. The molecule has 6 heteroatoms. The molecule has 0 bridgehead atoms. The third kappa shape index (κ3) is 1.87. The van der Waals surface area contributed by atoms with Crippen LogP contribution in [0.2, 0.25) is 0 Å². The first-order valence-corrected chi connectivity index (χ1v) is 10.5. The van der Waals surface area contributed by atoms with E-state index in [2.05, 4.69) is 19.6 Å². The van der Waals surface area contributed by atoms with Crippen LogP contribution < -0.4 is 0 Å². The van der Waals surface area contributed by atoms with Crippen LogP contribution in [-0.2, 0) is 0 Å². The summed E-state index contributed by atoms with van der Waals surface area (Å²) in [6.07, 6.45) is 4.45. The Morgan fingerprint density at radius 2 is 0.833 bits per heavy atom. The Bertz CT molecular complexity index is 446. The summed E-state index contributed by atoms with van der Waals surface area (Å²) in [5.41, 5.74) is 0. The maximum absolute atomic E-state index is 2.77. The summed E-state index contributed by atoms with van der Waals surface area (Å²) >= 11 is 0. The zero-order valence-corrected chi connectivity index (χ0v) is 15.2. The van der Waals surface area contributed by atoms with Crippen LogP contribution in [0.5, 0.6) is 0 Å². The van der Waals surface area contributed by atoms with Gasteiger partial charge in [-0.1, -0.05) is 0 Å². The highest BCUT2D eigenvalue weighted by molar-refractivity contribution is 4.87. The molecule has 0 spiro atoms. The minimum atomic E-state index is 0.774. The molecular formula is C18H34N6+2. The third-order valence-electron chi connectivity index (χ3n) is 8.42. The van der Waals surface area contributed by atoms with Gasteiger partial charge in [-0.2, -0.15) is 0 Å². The molecule has 0 saturated carbocycles. The van der Waals surface area contributed by atoms with E-state index in [1.807, 2.05) is 0 Å². The lowest BCUT2D eigenvalue weighted by Gasteiger charge is -2.36. The second-order valence-electron chi connectivity index (χ2n) is 9.32. The monoisotopic (exact) mass is 334 g/mol. The third-order valence-corrected chi connectivity index (χ3v) is 8.42. The number of unbranched alkanes of at least 4 members (excludes halogenated alkanes) is 1. The van der Waals surface area contributed by atoms with E-state index >= 15 is 0 Å². The molecule has 0 unspecified atom stereocenters. The van der Waals surface area contributed by atoms with E-state index in [1.165, 1.54) is 113 Å². The summed E-state index contributed by atoms with van der Waals surface area (Å²) in [7, 11) is 0. The minimum Gasteiger partial charge on any atom is -0.293 e. The first-order valence-electron chi connectivity index (χ1n) is 10.5. The maximum Gasteiger partial charge on any atom is 0.205 e. The van der Waals surface area contributed by atoms with E-state index < -0.39 is 0 Å². The van der Waals surface area contributed by atoms with Crippen molar-refractivity contribution in [2.45, 2.75) is 25.4 Å². The molecule has 134 valence electrons. The lowest BCUT2D eigenvalue weighted by atomic mass is 10.2. The van der Waals surface area contributed by atoms with Gasteiger partial charge in [0.1, 0.15) is 0 Å². The molecule has 6 nitrogen and oxygen atoms in total. The summed E-state index contributed by atoms with van der Waals surface area (Å²) in [6, 6.07) is 0. The van der Waals surface area contributed by atoms with Crippen molar-refractivity contribution >= 4 is 0 Å². The van der Waals surface area contributed by atoms with Crippen molar-refractivity contribution in [3.63, 3.8) is 0 Å². The van der Waals surface area contributed by atoms with Crippen LogP contribution in [0.1, 0.15) is 12.8 Å². The van der Waals surface area contributed by atoms with Crippen LogP contribution in [0.25, 0.3) is 0 Å². The molecule has 6 fully saturated rings. The Balaban J connectivity index is 1.08. The second kappa shape index (κ2) is 5.15. The molecule has 0 amide bonds. The van der Waals surface area contributed by atoms with E-state index in [0.29, 0.717) is 0 Å². The number of rotatable bonds is 5. The molecule has 0 N–H and O–H groups in total. The van der Waals surface area contributed by atoms with Crippen molar-refractivity contribution in [2.24, 2.45) is 0 Å². The van der Waals surface area contributed by atoms with Crippen molar-refractivity contribution < 1.29 is 8.97 Å². The highest BCUT2D eigenvalue weighted by Crippen LogP contribution is 2.38. The average molecular weight is 335 g/mol. The quantitative estimate of drug-likeness (QED) is 0.485. The number of hydrogen-bond donors (Lipinski definition) is 0. The van der Waals surface area contributed by atoms with Gasteiger partial charge in [-0.05, 0) is 0 Å². The Hall–Kier alpha value is -0.240. The molecule has 0 radical (unpaired) electrons. The fraction of sp³-hybridized carbons (Fsp3) is 1.00. The predicted octanol–water partition coefficient (Wildman–Crippen LogP) is -0.743. The SMILES string of the molecule is C(CC[N+]12CCN3CCN(CC1)C32)C[N+]12CCN3CCN(CC1)C32. The van der Waals surface area contributed by atoms with Gasteiger partial charge in [0.25, 0.3) is 0 Å². The van der Waals surface area contributed by atoms with Crippen LogP contribution in [0.15, 0.2) is 0 Å². The Morgan fingerprint density at radius 3 is 1.17 bits per heavy atom. The van der Waals surface area contributed by atoms with Crippen molar-refractivity contribution in [1.82, 2.24) is 19.6 Å². The molecule has 0 aromatic heterocycles. The molecule has 6 aliphatic rings. The molecule has 0 aromatic rings. The largest absolute Gasteiger partial charge is 0.293 e. The predicted molar refractivity (Wildman–Crippen MR) is 92.8 cm³/mol. The maximum atomic E-state index is 2.77. The van der Waals surface area contributed by atoms with Gasteiger partial charge in [0.2, 0.25) is 12.6 Å². The average Bonchev–Trinajstić information content (AvgIpc) is 3.38. The van der Waals surface area contributed by atoms with Gasteiger partial charge in [-0.25, -0.2) is 19.6 Å². The van der Waals surface area contributed by atoms with Gasteiger partial charge < -0.3 is 0 Å². The van der Waals surface area contributed by atoms with Crippen LogP contribution in [-0.4, -0.2) is 133 Å². The lowest BCUT2D eigenvalue weighted by Crippen LogP contribution is -2.54. The van der Waals surface area contributed by atoms with E-state index in [0.717, 1.165) is 12.6 Å². The Kier molecular flexibility index (Phi) is 3.19. The summed E-state index contributed by atoms with van der Waals surface area (Å²) in [5.74, 6) is 0. The van der Waals surface area contributed by atoms with E-state index in [-0.39, 0.29) is 0 Å². The molecule has 6 aliphatic heterocycles. The standard InChI is InChI=1S/C18H34N6/c1(11-23-13-7-19-3-4-20(8-14-23)17(19)23)2-12-24-15-9-21-5-6-22(10-16-24)18(21)24/h17-18H,1-16H2/q+2. The van der Waals surface area contributed by atoms with Gasteiger partial charge >= 0.3 is 0 Å². The summed E-state index contributed by atoms with van der Waals surface area (Å²) in [6.45, 7) is 19.3. The first kappa shape index (κ1) is 14.9. The zero-order valence-electron chi connectivity index (χ0n) is 15.2. The van der Waals surface area contributed by atoms with Gasteiger partial charge in [-0.15, -0.1) is 0 Å². The molecule has 0 aromatic carbocycles. The second-order valence-corrected chi connectivity index (χ2v) is 9.32. The first-order chi connectivity index (χ1) is 11.8. The number of hydrogen-bond acceptors (Lipinski definition) is 4. The van der Waals surface area contributed by atoms with Crippen LogP contribution >= 0.6 is 0 Å². The normalized spacial score (nSPS) is 48.0. The smallest absolute Gasteiger partial charge is 0.205 e. The van der Waals surface area contributed by atoms with Crippen molar-refractivity contribution in [3.8, 4) is 0 Å². The highest BCUT2D eigenvalue weighted by atomic mass is 15.7.